The van der Waals surface area contributed by atoms with Crippen molar-refractivity contribution in [1.82, 2.24) is 0 Å². The van der Waals surface area contributed by atoms with Crippen molar-refractivity contribution in [2.75, 3.05) is 5.32 Å². The van der Waals surface area contributed by atoms with Gasteiger partial charge in [-0.3, -0.25) is 10.1 Å². The molecule has 0 aliphatic heterocycles. The predicted molar refractivity (Wildman–Crippen MR) is 72.4 cm³/mol. The van der Waals surface area contributed by atoms with E-state index < -0.39 is 16.4 Å². The fourth-order valence-corrected chi connectivity index (χ4v) is 2.00. The molecule has 0 saturated carbocycles. The summed E-state index contributed by atoms with van der Waals surface area (Å²) in [4.78, 5) is 21.8. The zero-order chi connectivity index (χ0) is 14.6. The van der Waals surface area contributed by atoms with Gasteiger partial charge in [-0.15, -0.1) is 0 Å². The zero-order valence-corrected chi connectivity index (χ0v) is 11.3. The highest BCUT2D eigenvalue weighted by atomic mass is 16.6. The molecule has 0 atom stereocenters. The first-order valence-corrected chi connectivity index (χ1v) is 6.13. The lowest BCUT2D eigenvalue weighted by molar-refractivity contribution is -0.385. The Bertz CT molecular complexity index is 495. The van der Waals surface area contributed by atoms with E-state index in [0.29, 0.717) is 24.1 Å². The molecular weight excluding hydrogens is 248 g/mol. The van der Waals surface area contributed by atoms with Crippen molar-refractivity contribution in [2.45, 2.75) is 39.2 Å². The lowest BCUT2D eigenvalue weighted by atomic mass is 9.92. The number of carboxylic acids is 1. The van der Waals surface area contributed by atoms with Gasteiger partial charge in [0, 0.05) is 17.3 Å². The second-order valence-corrected chi connectivity index (χ2v) is 4.43. The first-order chi connectivity index (χ1) is 8.88. The third-order valence-corrected chi connectivity index (χ3v) is 3.49. The van der Waals surface area contributed by atoms with E-state index in [-0.39, 0.29) is 5.69 Å². The highest BCUT2D eigenvalue weighted by molar-refractivity contribution is 5.83. The number of anilines is 1. The molecule has 0 radical (unpaired) electrons. The van der Waals surface area contributed by atoms with Gasteiger partial charge in [0.2, 0.25) is 0 Å². The van der Waals surface area contributed by atoms with Crippen LogP contribution in [0.2, 0.25) is 0 Å². The summed E-state index contributed by atoms with van der Waals surface area (Å²) in [6.07, 6.45) is 0.780. The third-order valence-electron chi connectivity index (χ3n) is 3.49. The maximum Gasteiger partial charge on any atom is 0.329 e. The highest BCUT2D eigenvalue weighted by Crippen LogP contribution is 2.29. The van der Waals surface area contributed by atoms with Crippen LogP contribution in [0.15, 0.2) is 18.2 Å². The number of nitro benzene ring substituents is 1. The number of benzene rings is 1. The van der Waals surface area contributed by atoms with Crippen LogP contribution in [0.1, 0.15) is 32.3 Å². The predicted octanol–water partition coefficient (Wildman–Crippen LogP) is 2.96. The summed E-state index contributed by atoms with van der Waals surface area (Å²) in [5.74, 6) is -0.955. The Morgan fingerprint density at radius 1 is 1.42 bits per heavy atom. The van der Waals surface area contributed by atoms with Crippen LogP contribution in [0.5, 0.6) is 0 Å². The van der Waals surface area contributed by atoms with Gasteiger partial charge < -0.3 is 10.4 Å². The largest absolute Gasteiger partial charge is 0.480 e. The zero-order valence-electron chi connectivity index (χ0n) is 11.3. The van der Waals surface area contributed by atoms with Crippen LogP contribution in [0.25, 0.3) is 0 Å². The van der Waals surface area contributed by atoms with E-state index in [2.05, 4.69) is 5.32 Å². The summed E-state index contributed by atoms with van der Waals surface area (Å²) < 4.78 is 0. The quantitative estimate of drug-likeness (QED) is 0.610. The molecule has 0 saturated heterocycles. The summed E-state index contributed by atoms with van der Waals surface area (Å²) in [5.41, 5.74) is -0.184. The van der Waals surface area contributed by atoms with Gasteiger partial charge in [0.1, 0.15) is 5.54 Å². The Morgan fingerprint density at radius 3 is 2.42 bits per heavy atom. The van der Waals surface area contributed by atoms with Crippen LogP contribution in [-0.2, 0) is 4.79 Å². The summed E-state index contributed by atoms with van der Waals surface area (Å²) in [6, 6.07) is 4.61. The monoisotopic (exact) mass is 266 g/mol. The fourth-order valence-electron chi connectivity index (χ4n) is 2.00. The molecule has 0 fully saturated rings. The van der Waals surface area contributed by atoms with Crippen molar-refractivity contribution in [3.63, 3.8) is 0 Å². The molecule has 6 heteroatoms. The first-order valence-electron chi connectivity index (χ1n) is 6.13. The van der Waals surface area contributed by atoms with Crippen LogP contribution in [0.4, 0.5) is 11.4 Å². The molecule has 6 nitrogen and oxygen atoms in total. The fraction of sp³-hybridized carbons (Fsp3) is 0.462. The summed E-state index contributed by atoms with van der Waals surface area (Å²) in [6.45, 7) is 5.16. The van der Waals surface area contributed by atoms with Crippen molar-refractivity contribution in [3.8, 4) is 0 Å². The van der Waals surface area contributed by atoms with Gasteiger partial charge in [0.25, 0.3) is 5.69 Å². The molecule has 0 unspecified atom stereocenters. The Hall–Kier alpha value is -2.11. The second kappa shape index (κ2) is 5.69. The molecular formula is C13H18N2O4. The number of nitrogens with zero attached hydrogens (tertiary/aromatic N) is 1. The average molecular weight is 266 g/mol. The van der Waals surface area contributed by atoms with E-state index in [0.717, 1.165) is 0 Å². The molecule has 0 spiro atoms. The van der Waals surface area contributed by atoms with E-state index in [1.165, 1.54) is 6.07 Å². The first kappa shape index (κ1) is 14.9. The molecule has 0 aromatic heterocycles. The van der Waals surface area contributed by atoms with Gasteiger partial charge in [-0.1, -0.05) is 19.9 Å². The van der Waals surface area contributed by atoms with Gasteiger partial charge >= 0.3 is 5.97 Å². The van der Waals surface area contributed by atoms with Crippen LogP contribution in [0.3, 0.4) is 0 Å². The van der Waals surface area contributed by atoms with Gasteiger partial charge in [-0.2, -0.15) is 0 Å². The van der Waals surface area contributed by atoms with Crippen molar-refractivity contribution in [1.29, 1.82) is 0 Å². The standard InChI is InChI=1S/C13H18N2O4/c1-4-13(5-2,12(16)17)14-10-7-6-8-11(9(10)3)15(18)19/h6-8,14H,4-5H2,1-3H3,(H,16,17). The normalized spacial score (nSPS) is 11.1. The number of hydrogen-bond acceptors (Lipinski definition) is 4. The van der Waals surface area contributed by atoms with Crippen LogP contribution < -0.4 is 5.32 Å². The third kappa shape index (κ3) is 2.83. The molecule has 1 aromatic carbocycles. The molecule has 0 bridgehead atoms. The molecule has 0 aliphatic carbocycles. The van der Waals surface area contributed by atoms with Crippen molar-refractivity contribution < 1.29 is 14.8 Å². The maximum atomic E-state index is 11.4. The highest BCUT2D eigenvalue weighted by Gasteiger charge is 2.35. The van der Waals surface area contributed by atoms with Gasteiger partial charge in [0.05, 0.1) is 4.92 Å². The number of nitro groups is 1. The van der Waals surface area contributed by atoms with E-state index in [4.69, 9.17) is 0 Å². The van der Waals surface area contributed by atoms with Crippen LogP contribution >= 0.6 is 0 Å². The Balaban J connectivity index is 3.21. The minimum atomic E-state index is -1.10. The lowest BCUT2D eigenvalue weighted by Crippen LogP contribution is -2.45. The summed E-state index contributed by atoms with van der Waals surface area (Å²) in [7, 11) is 0. The average Bonchev–Trinajstić information content (AvgIpc) is 2.37. The second-order valence-electron chi connectivity index (χ2n) is 4.43. The molecule has 104 valence electrons. The minimum Gasteiger partial charge on any atom is -0.480 e. The Labute approximate surface area is 111 Å². The number of aliphatic carboxylic acids is 1. The van der Waals surface area contributed by atoms with Crippen LogP contribution in [-0.4, -0.2) is 21.5 Å². The summed E-state index contributed by atoms with van der Waals surface area (Å²) in [5, 5.41) is 23.2. The number of rotatable bonds is 6. The number of carbonyl (C=O) groups is 1. The van der Waals surface area contributed by atoms with Gasteiger partial charge in [0.15, 0.2) is 0 Å². The van der Waals surface area contributed by atoms with E-state index >= 15 is 0 Å². The number of hydrogen-bond donors (Lipinski definition) is 2. The van der Waals surface area contributed by atoms with Crippen molar-refractivity contribution in [3.05, 3.63) is 33.9 Å². The number of nitrogens with one attached hydrogen (secondary N) is 1. The lowest BCUT2D eigenvalue weighted by Gasteiger charge is -2.29. The smallest absolute Gasteiger partial charge is 0.329 e. The molecule has 0 heterocycles. The molecule has 0 amide bonds. The van der Waals surface area contributed by atoms with E-state index in [1.807, 2.05) is 0 Å². The Morgan fingerprint density at radius 2 is 2.00 bits per heavy atom. The molecule has 1 aromatic rings. The SMILES string of the molecule is CCC(CC)(Nc1cccc([N+](=O)[O-])c1C)C(=O)O. The molecule has 19 heavy (non-hydrogen) atoms. The maximum absolute atomic E-state index is 11.4. The molecule has 1 rings (SSSR count). The minimum absolute atomic E-state index is 0.0171. The number of carboxylic acid groups (broad SMARTS) is 1. The van der Waals surface area contributed by atoms with E-state index in [1.54, 1.807) is 32.9 Å². The van der Waals surface area contributed by atoms with Gasteiger partial charge in [-0.25, -0.2) is 4.79 Å². The molecule has 2 N–H and O–H groups in total. The van der Waals surface area contributed by atoms with Gasteiger partial charge in [-0.05, 0) is 25.8 Å². The molecule has 0 aliphatic rings. The Kier molecular flexibility index (Phi) is 4.47. The van der Waals surface area contributed by atoms with Crippen LogP contribution in [0, 0.1) is 17.0 Å². The van der Waals surface area contributed by atoms with Crippen molar-refractivity contribution >= 4 is 17.3 Å². The summed E-state index contributed by atoms with van der Waals surface area (Å²) >= 11 is 0. The topological polar surface area (TPSA) is 92.5 Å². The van der Waals surface area contributed by atoms with E-state index in [9.17, 15) is 20.0 Å². The van der Waals surface area contributed by atoms with Crippen molar-refractivity contribution in [2.24, 2.45) is 0 Å².